The minimum absolute atomic E-state index is 0.117. The highest BCUT2D eigenvalue weighted by Gasteiger charge is 2.28. The third kappa shape index (κ3) is 6.49. The van der Waals surface area contributed by atoms with E-state index in [2.05, 4.69) is 5.32 Å². The highest BCUT2D eigenvalue weighted by molar-refractivity contribution is 7.92. The molecule has 0 fully saturated rings. The molecule has 0 heterocycles. The molecule has 0 aliphatic carbocycles. The molecule has 0 bridgehead atoms. The molecule has 0 unspecified atom stereocenters. The molecular weight excluding hydrogens is 460 g/mol. The van der Waals surface area contributed by atoms with E-state index in [1.807, 2.05) is 24.3 Å². The van der Waals surface area contributed by atoms with Gasteiger partial charge in [-0.15, -0.1) is 0 Å². The molecule has 6 nitrogen and oxygen atoms in total. The van der Waals surface area contributed by atoms with Gasteiger partial charge in [-0.1, -0.05) is 41.9 Å². The van der Waals surface area contributed by atoms with Gasteiger partial charge in [0.2, 0.25) is 5.91 Å². The van der Waals surface area contributed by atoms with Crippen LogP contribution in [0.5, 0.6) is 5.75 Å². The van der Waals surface area contributed by atoms with Crippen LogP contribution in [-0.4, -0.2) is 34.5 Å². The largest absolute Gasteiger partial charge is 0.497 e. The number of amides is 1. The van der Waals surface area contributed by atoms with Gasteiger partial charge in [0.05, 0.1) is 17.7 Å². The molecule has 33 heavy (non-hydrogen) atoms. The summed E-state index contributed by atoms with van der Waals surface area (Å²) in [7, 11) is -2.32. The number of aryl methyl sites for hydroxylation is 2. The Bertz CT molecular complexity index is 1180. The molecule has 0 aliphatic rings. The molecule has 1 N–H and O–H groups in total. The molecule has 0 aromatic heterocycles. The Morgan fingerprint density at radius 3 is 2.36 bits per heavy atom. The third-order valence-electron chi connectivity index (χ3n) is 5.17. The number of sulfonamides is 1. The fourth-order valence-electron chi connectivity index (χ4n) is 3.42. The smallest absolute Gasteiger partial charge is 0.264 e. The summed E-state index contributed by atoms with van der Waals surface area (Å²) in [6.45, 7) is 1.87. The predicted molar refractivity (Wildman–Crippen MR) is 131 cm³/mol. The van der Waals surface area contributed by atoms with Crippen molar-refractivity contribution >= 4 is 33.2 Å². The molecular formula is C25H27ClN2O4S. The number of carbonyl (C=O) groups is 1. The van der Waals surface area contributed by atoms with Gasteiger partial charge in [0, 0.05) is 11.6 Å². The lowest BCUT2D eigenvalue weighted by Gasteiger charge is -2.25. The molecule has 3 rings (SSSR count). The van der Waals surface area contributed by atoms with Crippen LogP contribution in [0.2, 0.25) is 5.02 Å². The Morgan fingerprint density at radius 2 is 1.73 bits per heavy atom. The van der Waals surface area contributed by atoms with Crippen molar-refractivity contribution < 1.29 is 17.9 Å². The number of nitrogens with zero attached hydrogens (tertiary/aromatic N) is 1. The third-order valence-corrected chi connectivity index (χ3v) is 7.18. The number of nitrogens with one attached hydrogen (secondary N) is 1. The normalized spacial score (nSPS) is 11.1. The SMILES string of the molecule is COc1ccc(CCCNC(=O)CN(c2ccc(Cl)cc2C)S(=O)(=O)c2ccccc2)cc1. The second-order valence-electron chi connectivity index (χ2n) is 7.56. The first-order valence-corrected chi connectivity index (χ1v) is 12.4. The van der Waals surface area contributed by atoms with Crippen LogP contribution in [0.3, 0.4) is 0 Å². The molecule has 0 radical (unpaired) electrons. The van der Waals surface area contributed by atoms with Crippen molar-refractivity contribution in [3.05, 3.63) is 88.9 Å². The number of halogens is 1. The molecule has 3 aromatic rings. The lowest BCUT2D eigenvalue weighted by atomic mass is 10.1. The van der Waals surface area contributed by atoms with E-state index >= 15 is 0 Å². The van der Waals surface area contributed by atoms with Gasteiger partial charge < -0.3 is 10.1 Å². The van der Waals surface area contributed by atoms with Crippen molar-refractivity contribution in [3.63, 3.8) is 0 Å². The highest BCUT2D eigenvalue weighted by Crippen LogP contribution is 2.28. The van der Waals surface area contributed by atoms with Gasteiger partial charge in [-0.3, -0.25) is 9.10 Å². The second kappa shape index (κ2) is 11.2. The van der Waals surface area contributed by atoms with Gasteiger partial charge in [-0.2, -0.15) is 0 Å². The monoisotopic (exact) mass is 486 g/mol. The van der Waals surface area contributed by atoms with Gasteiger partial charge in [-0.05, 0) is 73.4 Å². The maximum Gasteiger partial charge on any atom is 0.264 e. The number of benzene rings is 3. The first-order chi connectivity index (χ1) is 15.8. The molecule has 0 aliphatic heterocycles. The summed E-state index contributed by atoms with van der Waals surface area (Å²) >= 11 is 6.06. The molecule has 0 saturated heterocycles. The fraction of sp³-hybridized carbons (Fsp3) is 0.240. The van der Waals surface area contributed by atoms with E-state index in [9.17, 15) is 13.2 Å². The number of carbonyl (C=O) groups excluding carboxylic acids is 1. The van der Waals surface area contributed by atoms with Crippen molar-refractivity contribution in [2.24, 2.45) is 0 Å². The summed E-state index contributed by atoms with van der Waals surface area (Å²) in [5, 5.41) is 3.33. The second-order valence-corrected chi connectivity index (χ2v) is 9.86. The maximum absolute atomic E-state index is 13.4. The van der Waals surface area contributed by atoms with Crippen LogP contribution in [0.25, 0.3) is 0 Å². The highest BCUT2D eigenvalue weighted by atomic mass is 35.5. The van der Waals surface area contributed by atoms with Crippen molar-refractivity contribution in [3.8, 4) is 5.75 Å². The quantitative estimate of drug-likeness (QED) is 0.425. The summed E-state index contributed by atoms with van der Waals surface area (Å²) in [5.41, 5.74) is 2.21. The van der Waals surface area contributed by atoms with Crippen molar-refractivity contribution in [1.82, 2.24) is 5.32 Å². The standard InChI is InChI=1S/C25H27ClN2O4S/c1-19-17-21(26)12-15-24(19)28(33(30,31)23-8-4-3-5-9-23)18-25(29)27-16-6-7-20-10-13-22(32-2)14-11-20/h3-5,8-15,17H,6-7,16,18H2,1-2H3,(H,27,29). The number of methoxy groups -OCH3 is 1. The first kappa shape index (κ1) is 24.6. The van der Waals surface area contributed by atoms with Gasteiger partial charge in [-0.25, -0.2) is 8.42 Å². The maximum atomic E-state index is 13.4. The van der Waals surface area contributed by atoms with Gasteiger partial charge in [0.25, 0.3) is 10.0 Å². The average Bonchev–Trinajstić information content (AvgIpc) is 2.81. The number of anilines is 1. The molecule has 0 saturated carbocycles. The number of hydrogen-bond acceptors (Lipinski definition) is 4. The topological polar surface area (TPSA) is 75.7 Å². The van der Waals surface area contributed by atoms with E-state index in [0.29, 0.717) is 22.8 Å². The zero-order valence-electron chi connectivity index (χ0n) is 18.6. The average molecular weight is 487 g/mol. The van der Waals surface area contributed by atoms with Gasteiger partial charge in [0.15, 0.2) is 0 Å². The van der Waals surface area contributed by atoms with Crippen molar-refractivity contribution in [1.29, 1.82) is 0 Å². The van der Waals surface area contributed by atoms with Crippen LogP contribution in [0.4, 0.5) is 5.69 Å². The van der Waals surface area contributed by atoms with E-state index < -0.39 is 10.0 Å². The number of rotatable bonds is 10. The molecule has 8 heteroatoms. The van der Waals surface area contributed by atoms with E-state index in [1.165, 1.54) is 12.1 Å². The summed E-state index contributed by atoms with van der Waals surface area (Å²) in [6.07, 6.45) is 1.51. The first-order valence-electron chi connectivity index (χ1n) is 10.5. The number of ether oxygens (including phenoxy) is 1. The minimum Gasteiger partial charge on any atom is -0.497 e. The Hall–Kier alpha value is -3.03. The Labute approximate surface area is 200 Å². The van der Waals surface area contributed by atoms with E-state index in [1.54, 1.807) is 50.4 Å². The molecule has 3 aromatic carbocycles. The van der Waals surface area contributed by atoms with Crippen LogP contribution in [0.1, 0.15) is 17.5 Å². The predicted octanol–water partition coefficient (Wildman–Crippen LogP) is 4.60. The van der Waals surface area contributed by atoms with Crippen LogP contribution in [0.15, 0.2) is 77.7 Å². The van der Waals surface area contributed by atoms with Crippen LogP contribution in [-0.2, 0) is 21.2 Å². The van der Waals surface area contributed by atoms with Crippen LogP contribution >= 0.6 is 11.6 Å². The van der Waals surface area contributed by atoms with Crippen molar-refractivity contribution in [2.45, 2.75) is 24.7 Å². The van der Waals surface area contributed by atoms with E-state index in [4.69, 9.17) is 16.3 Å². The molecule has 0 atom stereocenters. The van der Waals surface area contributed by atoms with Crippen LogP contribution < -0.4 is 14.4 Å². The van der Waals surface area contributed by atoms with Gasteiger partial charge >= 0.3 is 0 Å². The lowest BCUT2D eigenvalue weighted by molar-refractivity contribution is -0.119. The number of hydrogen-bond donors (Lipinski definition) is 1. The lowest BCUT2D eigenvalue weighted by Crippen LogP contribution is -2.41. The van der Waals surface area contributed by atoms with E-state index in [0.717, 1.165) is 28.5 Å². The summed E-state index contributed by atoms with van der Waals surface area (Å²) in [5.74, 6) is 0.419. The fourth-order valence-corrected chi connectivity index (χ4v) is 5.15. The Balaban J connectivity index is 1.69. The summed E-state index contributed by atoms with van der Waals surface area (Å²) in [6, 6.07) is 20.8. The Kier molecular flexibility index (Phi) is 8.36. The zero-order valence-corrected chi connectivity index (χ0v) is 20.2. The van der Waals surface area contributed by atoms with Gasteiger partial charge in [0.1, 0.15) is 12.3 Å². The Morgan fingerprint density at radius 1 is 1.03 bits per heavy atom. The summed E-state index contributed by atoms with van der Waals surface area (Å²) < 4.78 is 33.0. The molecule has 0 spiro atoms. The van der Waals surface area contributed by atoms with Crippen molar-refractivity contribution in [2.75, 3.05) is 24.5 Å². The zero-order chi connectivity index (χ0) is 23.8. The van der Waals surface area contributed by atoms with Crippen LogP contribution in [0, 0.1) is 6.92 Å². The van der Waals surface area contributed by atoms with E-state index in [-0.39, 0.29) is 17.3 Å². The molecule has 174 valence electrons. The summed E-state index contributed by atoms with van der Waals surface area (Å²) in [4.78, 5) is 12.8. The minimum atomic E-state index is -3.95. The molecule has 1 amide bonds.